The fourth-order valence-electron chi connectivity index (χ4n) is 0.850. The number of aliphatic hydroxyl groups is 2. The summed E-state index contributed by atoms with van der Waals surface area (Å²) in [6.07, 6.45) is 0.742. The Morgan fingerprint density at radius 2 is 1.19 bits per heavy atom. The van der Waals surface area contributed by atoms with Gasteiger partial charge in [0.25, 0.3) is 0 Å². The summed E-state index contributed by atoms with van der Waals surface area (Å²) in [5, 5.41) is 16.9. The zero-order valence-electron chi connectivity index (χ0n) is 9.18. The van der Waals surface area contributed by atoms with Crippen LogP contribution in [0.1, 0.15) is 25.7 Å². The molecule has 0 aliphatic heterocycles. The molecule has 0 saturated heterocycles. The lowest BCUT2D eigenvalue weighted by Crippen LogP contribution is -2.12. The fraction of sp³-hybridized carbons (Fsp3) is 0.800. The average Bonchev–Trinajstić information content (AvgIpc) is 2.27. The smallest absolute Gasteiger partial charge is 0.306 e. The molecule has 6 nitrogen and oxygen atoms in total. The zero-order valence-corrected chi connectivity index (χ0v) is 9.18. The quantitative estimate of drug-likeness (QED) is 0.417. The van der Waals surface area contributed by atoms with Gasteiger partial charge in [0.2, 0.25) is 0 Å². The summed E-state index contributed by atoms with van der Waals surface area (Å²) in [4.78, 5) is 22.0. The highest BCUT2D eigenvalue weighted by Crippen LogP contribution is 1.97. The van der Waals surface area contributed by atoms with Gasteiger partial charge < -0.3 is 19.7 Å². The van der Waals surface area contributed by atoms with Gasteiger partial charge in [-0.1, -0.05) is 0 Å². The van der Waals surface area contributed by atoms with Crippen molar-refractivity contribution in [3.63, 3.8) is 0 Å². The van der Waals surface area contributed by atoms with Crippen molar-refractivity contribution >= 4 is 11.9 Å². The van der Waals surface area contributed by atoms with Crippen LogP contribution in [0.4, 0.5) is 0 Å². The van der Waals surface area contributed by atoms with Crippen molar-refractivity contribution in [2.24, 2.45) is 0 Å². The van der Waals surface area contributed by atoms with Crippen LogP contribution in [0.15, 0.2) is 0 Å². The molecule has 0 fully saturated rings. The molecule has 0 radical (unpaired) electrons. The van der Waals surface area contributed by atoms with E-state index < -0.39 is 11.9 Å². The summed E-state index contributed by atoms with van der Waals surface area (Å²) in [6, 6.07) is 0. The molecule has 16 heavy (non-hydrogen) atoms. The van der Waals surface area contributed by atoms with E-state index in [1.54, 1.807) is 0 Å². The molecule has 0 aromatic heterocycles. The van der Waals surface area contributed by atoms with E-state index in [1.165, 1.54) is 0 Å². The Bertz CT molecular complexity index is 181. The summed E-state index contributed by atoms with van der Waals surface area (Å²) in [7, 11) is 0. The Kier molecular flexibility index (Phi) is 9.64. The highest BCUT2D eigenvalue weighted by Gasteiger charge is 2.08. The highest BCUT2D eigenvalue weighted by molar-refractivity contribution is 5.77. The Morgan fingerprint density at radius 3 is 1.50 bits per heavy atom. The molecule has 0 bridgehead atoms. The zero-order chi connectivity index (χ0) is 12.2. The van der Waals surface area contributed by atoms with E-state index in [9.17, 15) is 9.59 Å². The van der Waals surface area contributed by atoms with Crippen LogP contribution in [-0.2, 0) is 19.1 Å². The third kappa shape index (κ3) is 9.42. The highest BCUT2D eigenvalue weighted by atomic mass is 16.5. The summed E-state index contributed by atoms with van der Waals surface area (Å²) in [5.41, 5.74) is 0. The molecule has 0 aromatic rings. The molecule has 0 rings (SSSR count). The van der Waals surface area contributed by atoms with Gasteiger partial charge in [-0.25, -0.2) is 0 Å². The van der Waals surface area contributed by atoms with Crippen molar-refractivity contribution in [1.29, 1.82) is 0 Å². The molecule has 0 aliphatic rings. The predicted octanol–water partition coefficient (Wildman–Crippen LogP) is -0.382. The lowest BCUT2D eigenvalue weighted by atomic mass is 10.3. The van der Waals surface area contributed by atoms with E-state index in [0.29, 0.717) is 12.8 Å². The van der Waals surface area contributed by atoms with E-state index in [1.807, 2.05) is 0 Å². The average molecular weight is 234 g/mol. The molecule has 2 N–H and O–H groups in total. The molecule has 0 spiro atoms. The number of esters is 2. The van der Waals surface area contributed by atoms with E-state index in [4.69, 9.17) is 19.7 Å². The largest absolute Gasteiger partial charge is 0.466 e. The number of ether oxygens (including phenoxy) is 2. The maximum absolute atomic E-state index is 11.0. The summed E-state index contributed by atoms with van der Waals surface area (Å²) in [5.74, 6) is -0.958. The summed E-state index contributed by atoms with van der Waals surface area (Å²) >= 11 is 0. The van der Waals surface area contributed by atoms with Crippen LogP contribution in [0.3, 0.4) is 0 Å². The second-order valence-corrected chi connectivity index (χ2v) is 3.10. The third-order valence-corrected chi connectivity index (χ3v) is 1.66. The van der Waals surface area contributed by atoms with Crippen molar-refractivity contribution in [3.05, 3.63) is 0 Å². The van der Waals surface area contributed by atoms with Crippen LogP contribution in [0.5, 0.6) is 0 Å². The van der Waals surface area contributed by atoms with Crippen LogP contribution in [0.25, 0.3) is 0 Å². The minimum Gasteiger partial charge on any atom is -0.466 e. The monoisotopic (exact) mass is 234 g/mol. The van der Waals surface area contributed by atoms with Crippen LogP contribution in [0, 0.1) is 0 Å². The minimum absolute atomic E-state index is 0.0244. The first kappa shape index (κ1) is 14.9. The lowest BCUT2D eigenvalue weighted by Gasteiger charge is -2.04. The molecule has 0 unspecified atom stereocenters. The number of carbonyl (C=O) groups is 2. The van der Waals surface area contributed by atoms with Gasteiger partial charge in [0.15, 0.2) is 0 Å². The third-order valence-electron chi connectivity index (χ3n) is 1.66. The minimum atomic E-state index is -0.479. The molecule has 0 amide bonds. The summed E-state index contributed by atoms with van der Waals surface area (Å²) < 4.78 is 9.42. The van der Waals surface area contributed by atoms with Crippen LogP contribution in [-0.4, -0.2) is 48.6 Å². The van der Waals surface area contributed by atoms with E-state index in [2.05, 4.69) is 0 Å². The van der Waals surface area contributed by atoms with Gasteiger partial charge in [-0.2, -0.15) is 0 Å². The Balaban J connectivity index is 3.40. The van der Waals surface area contributed by atoms with E-state index in [0.717, 1.165) is 0 Å². The first-order valence-corrected chi connectivity index (χ1v) is 5.23. The Morgan fingerprint density at radius 1 is 0.812 bits per heavy atom. The van der Waals surface area contributed by atoms with Gasteiger partial charge in [0.1, 0.15) is 0 Å². The normalized spacial score (nSPS) is 9.88. The maximum Gasteiger partial charge on any atom is 0.306 e. The number of rotatable bonds is 9. The SMILES string of the molecule is O=C(CCC(=O)OCCCO)OCCCO. The second-order valence-electron chi connectivity index (χ2n) is 3.10. The molecule has 0 saturated carbocycles. The fourth-order valence-corrected chi connectivity index (χ4v) is 0.850. The van der Waals surface area contributed by atoms with Crippen LogP contribution >= 0.6 is 0 Å². The topological polar surface area (TPSA) is 93.1 Å². The second kappa shape index (κ2) is 10.4. The molecule has 0 aromatic carbocycles. The number of aliphatic hydroxyl groups excluding tert-OH is 2. The van der Waals surface area contributed by atoms with Crippen molar-refractivity contribution < 1.29 is 29.3 Å². The first-order chi connectivity index (χ1) is 7.70. The Hall–Kier alpha value is -1.14. The van der Waals surface area contributed by atoms with Crippen molar-refractivity contribution in [3.8, 4) is 0 Å². The molecule has 6 heteroatoms. The predicted molar refractivity (Wildman–Crippen MR) is 54.6 cm³/mol. The number of hydrogen-bond acceptors (Lipinski definition) is 6. The maximum atomic E-state index is 11.0. The van der Waals surface area contributed by atoms with Gasteiger partial charge in [0, 0.05) is 26.1 Å². The first-order valence-electron chi connectivity index (χ1n) is 5.23. The molecule has 0 heterocycles. The molecule has 94 valence electrons. The van der Waals surface area contributed by atoms with E-state index >= 15 is 0 Å². The van der Waals surface area contributed by atoms with Crippen LogP contribution < -0.4 is 0 Å². The number of hydrogen-bond donors (Lipinski definition) is 2. The van der Waals surface area contributed by atoms with Crippen molar-refractivity contribution in [1.82, 2.24) is 0 Å². The van der Waals surface area contributed by atoms with Gasteiger partial charge in [0.05, 0.1) is 26.1 Å². The standard InChI is InChI=1S/C10H18O6/c11-5-1-7-15-9(13)3-4-10(14)16-8-2-6-12/h11-12H,1-8H2. The molecular weight excluding hydrogens is 216 g/mol. The Labute approximate surface area is 94.2 Å². The molecule has 0 aliphatic carbocycles. The van der Waals surface area contributed by atoms with E-state index in [-0.39, 0.29) is 39.3 Å². The van der Waals surface area contributed by atoms with Gasteiger partial charge >= 0.3 is 11.9 Å². The molecular formula is C10H18O6. The lowest BCUT2D eigenvalue weighted by molar-refractivity contribution is -0.150. The van der Waals surface area contributed by atoms with Crippen molar-refractivity contribution in [2.45, 2.75) is 25.7 Å². The van der Waals surface area contributed by atoms with Gasteiger partial charge in [-0.3, -0.25) is 9.59 Å². The van der Waals surface area contributed by atoms with Crippen molar-refractivity contribution in [2.75, 3.05) is 26.4 Å². The van der Waals surface area contributed by atoms with Gasteiger partial charge in [-0.15, -0.1) is 0 Å². The summed E-state index contributed by atoms with van der Waals surface area (Å²) in [6.45, 7) is 0.261. The van der Waals surface area contributed by atoms with Crippen LogP contribution in [0.2, 0.25) is 0 Å². The molecule has 0 atom stereocenters. The van der Waals surface area contributed by atoms with Gasteiger partial charge in [-0.05, 0) is 0 Å². The number of carbonyl (C=O) groups excluding carboxylic acids is 2.